The Hall–Kier alpha value is -1.35. The molecule has 7 nitrogen and oxygen atoms in total. The molecular formula is C13H18N2O5S. The second-order valence-corrected chi connectivity index (χ2v) is 6.81. The van der Waals surface area contributed by atoms with Gasteiger partial charge in [0.1, 0.15) is 13.2 Å². The molecule has 0 amide bonds. The molecule has 21 heavy (non-hydrogen) atoms. The Morgan fingerprint density at radius 3 is 2.76 bits per heavy atom. The lowest BCUT2D eigenvalue weighted by Gasteiger charge is -2.29. The Balaban J connectivity index is 1.81. The molecule has 0 bridgehead atoms. The van der Waals surface area contributed by atoms with E-state index >= 15 is 0 Å². The van der Waals surface area contributed by atoms with Crippen molar-refractivity contribution in [2.24, 2.45) is 0 Å². The summed E-state index contributed by atoms with van der Waals surface area (Å²) in [5.41, 5.74) is 0. The molecule has 0 spiro atoms. The van der Waals surface area contributed by atoms with Crippen LogP contribution in [0.5, 0.6) is 11.5 Å². The highest BCUT2D eigenvalue weighted by atomic mass is 32.2. The number of sulfonamides is 1. The SMILES string of the molecule is O=S(=O)(N[C@H]1CNCC[C@H]1O)c1ccc2c(c1)OCCO2. The van der Waals surface area contributed by atoms with Crippen LogP contribution in [0.25, 0.3) is 0 Å². The van der Waals surface area contributed by atoms with E-state index in [0.717, 1.165) is 0 Å². The minimum absolute atomic E-state index is 0.101. The molecule has 2 atom stereocenters. The number of piperidine rings is 1. The Kier molecular flexibility index (Phi) is 4.03. The van der Waals surface area contributed by atoms with E-state index in [2.05, 4.69) is 10.0 Å². The number of aliphatic hydroxyl groups excluding tert-OH is 1. The van der Waals surface area contributed by atoms with Gasteiger partial charge in [-0.2, -0.15) is 0 Å². The van der Waals surface area contributed by atoms with Gasteiger partial charge in [0.2, 0.25) is 10.0 Å². The van der Waals surface area contributed by atoms with Crippen LogP contribution in [0.2, 0.25) is 0 Å². The average Bonchev–Trinajstić information content (AvgIpc) is 2.49. The van der Waals surface area contributed by atoms with Crippen molar-refractivity contribution < 1.29 is 23.0 Å². The van der Waals surface area contributed by atoms with Crippen LogP contribution in [0.3, 0.4) is 0 Å². The highest BCUT2D eigenvalue weighted by molar-refractivity contribution is 7.89. The summed E-state index contributed by atoms with van der Waals surface area (Å²) in [7, 11) is -3.71. The van der Waals surface area contributed by atoms with Crippen molar-refractivity contribution >= 4 is 10.0 Å². The van der Waals surface area contributed by atoms with Gasteiger partial charge in [-0.25, -0.2) is 13.1 Å². The number of hydrogen-bond acceptors (Lipinski definition) is 6. The van der Waals surface area contributed by atoms with Crippen LogP contribution in [0, 0.1) is 0 Å². The minimum atomic E-state index is -3.71. The van der Waals surface area contributed by atoms with Gasteiger partial charge in [0.05, 0.1) is 17.0 Å². The molecule has 0 aliphatic carbocycles. The van der Waals surface area contributed by atoms with Crippen molar-refractivity contribution in [3.8, 4) is 11.5 Å². The van der Waals surface area contributed by atoms with Gasteiger partial charge in [0, 0.05) is 12.6 Å². The minimum Gasteiger partial charge on any atom is -0.486 e. The molecule has 3 rings (SSSR count). The predicted octanol–water partition coefficient (Wildman–Crippen LogP) is -0.541. The fraction of sp³-hybridized carbons (Fsp3) is 0.538. The summed E-state index contributed by atoms with van der Waals surface area (Å²) in [5.74, 6) is 0.964. The molecule has 0 saturated carbocycles. The van der Waals surface area contributed by atoms with Crippen molar-refractivity contribution in [3.63, 3.8) is 0 Å². The van der Waals surface area contributed by atoms with E-state index < -0.39 is 22.2 Å². The van der Waals surface area contributed by atoms with Gasteiger partial charge in [-0.05, 0) is 25.1 Å². The number of hydrogen-bond donors (Lipinski definition) is 3. The fourth-order valence-electron chi connectivity index (χ4n) is 2.42. The maximum Gasteiger partial charge on any atom is 0.241 e. The Bertz CT molecular complexity index is 619. The molecule has 2 aliphatic heterocycles. The third-order valence-corrected chi connectivity index (χ3v) is 5.06. The average molecular weight is 314 g/mol. The topological polar surface area (TPSA) is 96.9 Å². The van der Waals surface area contributed by atoms with Crippen LogP contribution in [0.15, 0.2) is 23.1 Å². The van der Waals surface area contributed by atoms with Gasteiger partial charge in [-0.15, -0.1) is 0 Å². The Morgan fingerprint density at radius 2 is 2.00 bits per heavy atom. The third kappa shape index (κ3) is 3.13. The van der Waals surface area contributed by atoms with Crippen LogP contribution >= 0.6 is 0 Å². The van der Waals surface area contributed by atoms with Crippen LogP contribution in [0.4, 0.5) is 0 Å². The maximum absolute atomic E-state index is 12.4. The number of aliphatic hydroxyl groups is 1. The quantitative estimate of drug-likeness (QED) is 0.693. The predicted molar refractivity (Wildman–Crippen MR) is 75.0 cm³/mol. The van der Waals surface area contributed by atoms with Gasteiger partial charge >= 0.3 is 0 Å². The van der Waals surface area contributed by atoms with Gasteiger partial charge in [0.25, 0.3) is 0 Å². The summed E-state index contributed by atoms with van der Waals surface area (Å²) in [5, 5.41) is 12.9. The standard InChI is InChI=1S/C13H18N2O5S/c16-11-3-4-14-8-10(11)15-21(17,18)9-1-2-12-13(7-9)20-6-5-19-12/h1-2,7,10-11,14-16H,3-6,8H2/t10-,11+/m0/s1. The number of rotatable bonds is 3. The first-order chi connectivity index (χ1) is 10.1. The number of ether oxygens (including phenoxy) is 2. The van der Waals surface area contributed by atoms with E-state index in [1.54, 1.807) is 6.07 Å². The molecular weight excluding hydrogens is 296 g/mol. The van der Waals surface area contributed by atoms with Gasteiger partial charge in [0.15, 0.2) is 11.5 Å². The second kappa shape index (κ2) is 5.80. The zero-order chi connectivity index (χ0) is 14.9. The summed E-state index contributed by atoms with van der Waals surface area (Å²) in [6, 6.07) is 3.97. The highest BCUT2D eigenvalue weighted by Gasteiger charge is 2.28. The van der Waals surface area contributed by atoms with Crippen LogP contribution in [-0.4, -0.2) is 52.0 Å². The lowest BCUT2D eigenvalue weighted by Crippen LogP contribution is -2.53. The number of nitrogens with one attached hydrogen (secondary N) is 2. The zero-order valence-electron chi connectivity index (χ0n) is 11.4. The van der Waals surface area contributed by atoms with E-state index in [1.165, 1.54) is 12.1 Å². The summed E-state index contributed by atoms with van der Waals surface area (Å²) < 4.78 is 38.1. The summed E-state index contributed by atoms with van der Waals surface area (Å²) in [6.45, 7) is 1.95. The monoisotopic (exact) mass is 314 g/mol. The molecule has 0 unspecified atom stereocenters. The first kappa shape index (κ1) is 14.6. The van der Waals surface area contributed by atoms with E-state index in [-0.39, 0.29) is 4.90 Å². The molecule has 1 fully saturated rings. The van der Waals surface area contributed by atoms with E-state index in [4.69, 9.17) is 9.47 Å². The molecule has 0 radical (unpaired) electrons. The molecule has 3 N–H and O–H groups in total. The lowest BCUT2D eigenvalue weighted by atomic mass is 10.1. The van der Waals surface area contributed by atoms with E-state index in [9.17, 15) is 13.5 Å². The molecule has 8 heteroatoms. The first-order valence-corrected chi connectivity index (χ1v) is 8.35. The molecule has 1 aromatic carbocycles. The summed E-state index contributed by atoms with van der Waals surface area (Å²) in [4.78, 5) is 0.101. The fourth-order valence-corrected chi connectivity index (χ4v) is 3.71. The van der Waals surface area contributed by atoms with Crippen molar-refractivity contribution in [1.82, 2.24) is 10.0 Å². The summed E-state index contributed by atoms with van der Waals surface area (Å²) in [6.07, 6.45) is -0.160. The van der Waals surface area contributed by atoms with Crippen LogP contribution < -0.4 is 19.5 Å². The Morgan fingerprint density at radius 1 is 1.24 bits per heavy atom. The van der Waals surface area contributed by atoms with E-state index in [1.807, 2.05) is 0 Å². The lowest BCUT2D eigenvalue weighted by molar-refractivity contribution is 0.109. The van der Waals surface area contributed by atoms with Crippen molar-refractivity contribution in [2.75, 3.05) is 26.3 Å². The van der Waals surface area contributed by atoms with Crippen LogP contribution in [0.1, 0.15) is 6.42 Å². The Labute approximate surface area is 123 Å². The largest absolute Gasteiger partial charge is 0.486 e. The van der Waals surface area contributed by atoms with Crippen molar-refractivity contribution in [1.29, 1.82) is 0 Å². The highest BCUT2D eigenvalue weighted by Crippen LogP contribution is 2.32. The molecule has 0 aromatic heterocycles. The van der Waals surface area contributed by atoms with Gasteiger partial charge in [-0.3, -0.25) is 0 Å². The number of benzene rings is 1. The summed E-state index contributed by atoms with van der Waals surface area (Å²) >= 11 is 0. The van der Waals surface area contributed by atoms with E-state index in [0.29, 0.717) is 44.2 Å². The molecule has 1 aromatic rings. The van der Waals surface area contributed by atoms with Gasteiger partial charge in [-0.1, -0.05) is 0 Å². The van der Waals surface area contributed by atoms with Crippen molar-refractivity contribution in [2.45, 2.75) is 23.5 Å². The van der Waals surface area contributed by atoms with Gasteiger partial charge < -0.3 is 19.9 Å². The molecule has 2 heterocycles. The third-order valence-electron chi connectivity index (χ3n) is 3.58. The first-order valence-electron chi connectivity index (χ1n) is 6.87. The number of fused-ring (bicyclic) bond motifs is 1. The zero-order valence-corrected chi connectivity index (χ0v) is 12.2. The normalized spacial score (nSPS) is 25.6. The molecule has 1 saturated heterocycles. The van der Waals surface area contributed by atoms with Crippen LogP contribution in [-0.2, 0) is 10.0 Å². The molecule has 116 valence electrons. The molecule has 2 aliphatic rings. The van der Waals surface area contributed by atoms with Crippen molar-refractivity contribution in [3.05, 3.63) is 18.2 Å². The maximum atomic E-state index is 12.4. The second-order valence-electron chi connectivity index (χ2n) is 5.09. The smallest absolute Gasteiger partial charge is 0.241 e.